The first-order chi connectivity index (χ1) is 5.16. The third-order valence-corrected chi connectivity index (χ3v) is 2.96. The summed E-state index contributed by atoms with van der Waals surface area (Å²) in [6, 6.07) is 0. The summed E-state index contributed by atoms with van der Waals surface area (Å²) in [7, 11) is 0. The van der Waals surface area contributed by atoms with Crippen LogP contribution in [-0.4, -0.2) is 11.2 Å². The third-order valence-electron chi connectivity index (χ3n) is 2.96. The molecule has 1 N–H and O–H groups in total. The standard InChI is InChI=1S/C8H14O3/c1-3-8(4-5-8)6(2)7(9)11-10/h6,10H,3-5H2,1-2H3. The maximum Gasteiger partial charge on any atom is 0.345 e. The Labute approximate surface area is 66.3 Å². The van der Waals surface area contributed by atoms with Crippen LogP contribution in [0.2, 0.25) is 0 Å². The van der Waals surface area contributed by atoms with Crippen LogP contribution >= 0.6 is 0 Å². The molecule has 1 unspecified atom stereocenters. The first kappa shape index (κ1) is 8.53. The lowest BCUT2D eigenvalue weighted by atomic mass is 9.88. The molecule has 64 valence electrons. The molecule has 0 aromatic carbocycles. The number of rotatable bonds is 3. The molecule has 3 heteroatoms. The van der Waals surface area contributed by atoms with Crippen LogP contribution in [0.3, 0.4) is 0 Å². The highest BCUT2D eigenvalue weighted by atomic mass is 17.1. The smallest absolute Gasteiger partial charge is 0.301 e. The van der Waals surface area contributed by atoms with Crippen LogP contribution < -0.4 is 0 Å². The molecular formula is C8H14O3. The highest BCUT2D eigenvalue weighted by molar-refractivity contribution is 5.72. The Morgan fingerprint density at radius 2 is 2.27 bits per heavy atom. The van der Waals surface area contributed by atoms with Gasteiger partial charge in [0.2, 0.25) is 0 Å². The zero-order chi connectivity index (χ0) is 8.48. The quantitative estimate of drug-likeness (QED) is 0.503. The Morgan fingerprint density at radius 1 is 1.73 bits per heavy atom. The summed E-state index contributed by atoms with van der Waals surface area (Å²) in [6.07, 6.45) is 3.16. The topological polar surface area (TPSA) is 46.5 Å². The van der Waals surface area contributed by atoms with Gasteiger partial charge in [-0.25, -0.2) is 4.79 Å². The molecule has 0 bridgehead atoms. The maximum atomic E-state index is 10.9. The van der Waals surface area contributed by atoms with Gasteiger partial charge < -0.3 is 4.89 Å². The molecular weight excluding hydrogens is 144 g/mol. The van der Waals surface area contributed by atoms with Crippen LogP contribution in [0.25, 0.3) is 0 Å². The van der Waals surface area contributed by atoms with Crippen LogP contribution in [0, 0.1) is 11.3 Å². The summed E-state index contributed by atoms with van der Waals surface area (Å²) in [6.45, 7) is 3.88. The van der Waals surface area contributed by atoms with Crippen molar-refractivity contribution in [3.8, 4) is 0 Å². The number of carbonyl (C=O) groups excluding carboxylic acids is 1. The van der Waals surface area contributed by atoms with Gasteiger partial charge in [-0.05, 0) is 24.7 Å². The first-order valence-electron chi connectivity index (χ1n) is 4.01. The maximum absolute atomic E-state index is 10.9. The van der Waals surface area contributed by atoms with E-state index in [1.807, 2.05) is 6.92 Å². The largest absolute Gasteiger partial charge is 0.345 e. The minimum absolute atomic E-state index is 0.139. The molecule has 3 nitrogen and oxygen atoms in total. The predicted molar refractivity (Wildman–Crippen MR) is 39.8 cm³/mol. The Balaban J connectivity index is 2.53. The molecule has 0 saturated heterocycles. The second-order valence-electron chi connectivity index (χ2n) is 3.35. The van der Waals surface area contributed by atoms with Crippen LogP contribution in [0.4, 0.5) is 0 Å². The van der Waals surface area contributed by atoms with Gasteiger partial charge in [-0.3, -0.25) is 0 Å². The molecule has 0 aliphatic heterocycles. The number of hydrogen-bond donors (Lipinski definition) is 1. The van der Waals surface area contributed by atoms with Gasteiger partial charge in [-0.1, -0.05) is 13.8 Å². The van der Waals surface area contributed by atoms with E-state index in [1.165, 1.54) is 0 Å². The fourth-order valence-corrected chi connectivity index (χ4v) is 1.58. The summed E-state index contributed by atoms with van der Waals surface area (Å²) >= 11 is 0. The second-order valence-corrected chi connectivity index (χ2v) is 3.35. The van der Waals surface area contributed by atoms with Crippen molar-refractivity contribution < 1.29 is 14.9 Å². The van der Waals surface area contributed by atoms with Crippen LogP contribution in [-0.2, 0) is 9.68 Å². The predicted octanol–water partition coefficient (Wildman–Crippen LogP) is 1.83. The van der Waals surface area contributed by atoms with E-state index in [2.05, 4.69) is 11.8 Å². The van der Waals surface area contributed by atoms with Gasteiger partial charge in [-0.2, -0.15) is 5.26 Å². The third kappa shape index (κ3) is 1.38. The highest BCUT2D eigenvalue weighted by Crippen LogP contribution is 2.54. The van der Waals surface area contributed by atoms with E-state index in [4.69, 9.17) is 5.26 Å². The normalized spacial score (nSPS) is 22.5. The average molecular weight is 158 g/mol. The molecule has 1 aliphatic carbocycles. The zero-order valence-electron chi connectivity index (χ0n) is 6.96. The molecule has 1 rings (SSSR count). The molecule has 0 spiro atoms. The molecule has 1 aliphatic rings. The van der Waals surface area contributed by atoms with E-state index in [1.54, 1.807) is 0 Å². The lowest BCUT2D eigenvalue weighted by Crippen LogP contribution is -2.22. The van der Waals surface area contributed by atoms with Crippen molar-refractivity contribution in [2.75, 3.05) is 0 Å². The fourth-order valence-electron chi connectivity index (χ4n) is 1.58. The number of carbonyl (C=O) groups is 1. The van der Waals surface area contributed by atoms with Crippen molar-refractivity contribution in [2.24, 2.45) is 11.3 Å². The lowest BCUT2D eigenvalue weighted by Gasteiger charge is -2.17. The lowest BCUT2D eigenvalue weighted by molar-refractivity contribution is -0.240. The molecule has 0 heterocycles. The molecule has 11 heavy (non-hydrogen) atoms. The molecule has 0 radical (unpaired) electrons. The summed E-state index contributed by atoms with van der Waals surface area (Å²) in [4.78, 5) is 14.6. The van der Waals surface area contributed by atoms with Gasteiger partial charge in [0.25, 0.3) is 0 Å². The van der Waals surface area contributed by atoms with Crippen molar-refractivity contribution in [3.63, 3.8) is 0 Å². The Hall–Kier alpha value is -0.570. The van der Waals surface area contributed by atoms with E-state index < -0.39 is 5.97 Å². The van der Waals surface area contributed by atoms with Gasteiger partial charge in [0.1, 0.15) is 0 Å². The van der Waals surface area contributed by atoms with Crippen LogP contribution in [0.1, 0.15) is 33.1 Å². The fraction of sp³-hybridized carbons (Fsp3) is 0.875. The van der Waals surface area contributed by atoms with Crippen LogP contribution in [0.15, 0.2) is 0 Å². The molecule has 1 atom stereocenters. The SMILES string of the molecule is CCC1(C(C)C(=O)OO)CC1. The molecule has 1 saturated carbocycles. The van der Waals surface area contributed by atoms with Gasteiger partial charge >= 0.3 is 5.97 Å². The van der Waals surface area contributed by atoms with Crippen molar-refractivity contribution >= 4 is 5.97 Å². The van der Waals surface area contributed by atoms with Gasteiger partial charge in [0, 0.05) is 0 Å². The number of hydrogen-bond acceptors (Lipinski definition) is 3. The van der Waals surface area contributed by atoms with Crippen LogP contribution in [0.5, 0.6) is 0 Å². The van der Waals surface area contributed by atoms with E-state index >= 15 is 0 Å². The first-order valence-corrected chi connectivity index (χ1v) is 4.01. The van der Waals surface area contributed by atoms with Crippen molar-refractivity contribution in [2.45, 2.75) is 33.1 Å². The van der Waals surface area contributed by atoms with Crippen molar-refractivity contribution in [1.82, 2.24) is 0 Å². The van der Waals surface area contributed by atoms with Crippen molar-refractivity contribution in [3.05, 3.63) is 0 Å². The van der Waals surface area contributed by atoms with Gasteiger partial charge in [0.15, 0.2) is 0 Å². The summed E-state index contributed by atoms with van der Waals surface area (Å²) in [5.41, 5.74) is 0.139. The monoisotopic (exact) mass is 158 g/mol. The molecule has 0 amide bonds. The average Bonchev–Trinajstić information content (AvgIpc) is 2.82. The minimum atomic E-state index is -0.496. The van der Waals surface area contributed by atoms with E-state index in [-0.39, 0.29) is 11.3 Å². The Morgan fingerprint density at radius 3 is 2.55 bits per heavy atom. The van der Waals surface area contributed by atoms with E-state index in [0.29, 0.717) is 0 Å². The van der Waals surface area contributed by atoms with E-state index in [9.17, 15) is 4.79 Å². The highest BCUT2D eigenvalue weighted by Gasteiger charge is 2.49. The summed E-state index contributed by atoms with van der Waals surface area (Å²) in [5, 5.41) is 8.14. The molecule has 1 fully saturated rings. The molecule has 0 aromatic rings. The molecule has 0 aromatic heterocycles. The Kier molecular flexibility index (Phi) is 2.18. The van der Waals surface area contributed by atoms with Crippen molar-refractivity contribution in [1.29, 1.82) is 0 Å². The van der Waals surface area contributed by atoms with Gasteiger partial charge in [0.05, 0.1) is 5.92 Å². The summed E-state index contributed by atoms with van der Waals surface area (Å²) in [5.74, 6) is -0.651. The zero-order valence-corrected chi connectivity index (χ0v) is 6.96. The summed E-state index contributed by atoms with van der Waals surface area (Å²) < 4.78 is 0. The van der Waals surface area contributed by atoms with E-state index in [0.717, 1.165) is 19.3 Å². The minimum Gasteiger partial charge on any atom is -0.301 e. The Bertz CT molecular complexity index is 161. The van der Waals surface area contributed by atoms with Gasteiger partial charge in [-0.15, -0.1) is 0 Å². The second kappa shape index (κ2) is 2.81.